The van der Waals surface area contributed by atoms with Crippen molar-refractivity contribution in [2.75, 3.05) is 0 Å². The largest absolute Gasteiger partial charge is 0.507 e. The number of nitrogens with zero attached hydrogens (tertiary/aromatic N) is 1. The third-order valence-corrected chi connectivity index (χ3v) is 6.91. The summed E-state index contributed by atoms with van der Waals surface area (Å²) in [5, 5.41) is 10.5. The average molecular weight is 432 g/mol. The lowest BCUT2D eigenvalue weighted by molar-refractivity contribution is 0.474. The molecule has 0 fully saturated rings. The fourth-order valence-corrected chi connectivity index (χ4v) is 5.23. The Labute approximate surface area is 196 Å². The van der Waals surface area contributed by atoms with Crippen LogP contribution in [0, 0.1) is 20.8 Å². The Kier molecular flexibility index (Phi) is 4.97. The molecule has 4 aromatic rings. The fourth-order valence-electron chi connectivity index (χ4n) is 5.23. The van der Waals surface area contributed by atoms with Gasteiger partial charge in [0.15, 0.2) is 0 Å². The summed E-state index contributed by atoms with van der Waals surface area (Å²) in [6.07, 6.45) is 1.77. The van der Waals surface area contributed by atoms with Crippen molar-refractivity contribution < 1.29 is 5.11 Å². The molecule has 0 bridgehead atoms. The van der Waals surface area contributed by atoms with Crippen LogP contribution in [0.2, 0.25) is 0 Å². The van der Waals surface area contributed by atoms with Gasteiger partial charge in [0, 0.05) is 17.2 Å². The third kappa shape index (κ3) is 3.56. The molecular weight excluding hydrogens is 402 g/mol. The van der Waals surface area contributed by atoms with Gasteiger partial charge in [-0.2, -0.15) is 0 Å². The van der Waals surface area contributed by atoms with Crippen LogP contribution >= 0.6 is 0 Å². The van der Waals surface area contributed by atoms with Gasteiger partial charge in [-0.15, -0.1) is 0 Å². The number of benzene rings is 4. The Morgan fingerprint density at radius 1 is 0.727 bits per heavy atom. The lowest BCUT2D eigenvalue weighted by Crippen LogP contribution is -2.14. The number of aliphatic imine (C=N–C) groups is 1. The summed E-state index contributed by atoms with van der Waals surface area (Å²) in [6.45, 7) is 10.8. The normalized spacial score (nSPS) is 13.8. The van der Waals surface area contributed by atoms with Crippen molar-refractivity contribution in [3.05, 3.63) is 106 Å². The lowest BCUT2D eigenvalue weighted by Gasteiger charge is -2.22. The molecule has 0 aliphatic heterocycles. The SMILES string of the molecule is Cc1cc(C)c(/N=C/c2cc(-c3ccc4c(c3)C(C)(C)c3ccccc3-4)ccc2O)c(C)c1. The molecule has 1 aliphatic rings. The molecule has 4 aromatic carbocycles. The zero-order valence-electron chi connectivity index (χ0n) is 19.9. The second kappa shape index (κ2) is 7.74. The van der Waals surface area contributed by atoms with Gasteiger partial charge in [-0.25, -0.2) is 0 Å². The molecule has 164 valence electrons. The maximum atomic E-state index is 10.5. The number of fused-ring (bicyclic) bond motifs is 3. The first-order chi connectivity index (χ1) is 15.8. The first-order valence-electron chi connectivity index (χ1n) is 11.5. The fraction of sp³-hybridized carbons (Fsp3) is 0.194. The molecule has 0 amide bonds. The van der Waals surface area contributed by atoms with Crippen molar-refractivity contribution in [2.24, 2.45) is 4.99 Å². The average Bonchev–Trinajstić information content (AvgIpc) is 3.01. The number of aryl methyl sites for hydroxylation is 3. The van der Waals surface area contributed by atoms with E-state index in [0.717, 1.165) is 33.5 Å². The highest BCUT2D eigenvalue weighted by Gasteiger charge is 2.35. The molecule has 0 saturated heterocycles. The first kappa shape index (κ1) is 21.2. The summed E-state index contributed by atoms with van der Waals surface area (Å²) < 4.78 is 0. The molecule has 2 nitrogen and oxygen atoms in total. The van der Waals surface area contributed by atoms with Crippen molar-refractivity contribution in [1.82, 2.24) is 0 Å². The zero-order valence-corrected chi connectivity index (χ0v) is 19.9. The van der Waals surface area contributed by atoms with Crippen LogP contribution in [0.25, 0.3) is 22.3 Å². The van der Waals surface area contributed by atoms with E-state index in [2.05, 4.69) is 89.2 Å². The van der Waals surface area contributed by atoms with E-state index >= 15 is 0 Å². The second-order valence-corrected chi connectivity index (χ2v) is 9.71. The van der Waals surface area contributed by atoms with Crippen molar-refractivity contribution in [1.29, 1.82) is 0 Å². The number of hydrogen-bond acceptors (Lipinski definition) is 2. The van der Waals surface area contributed by atoms with Gasteiger partial charge < -0.3 is 5.11 Å². The third-order valence-electron chi connectivity index (χ3n) is 6.91. The van der Waals surface area contributed by atoms with Gasteiger partial charge in [-0.1, -0.05) is 74.0 Å². The van der Waals surface area contributed by atoms with Crippen LogP contribution in [-0.2, 0) is 5.41 Å². The van der Waals surface area contributed by atoms with E-state index in [1.54, 1.807) is 12.3 Å². The summed E-state index contributed by atoms with van der Waals surface area (Å²) in [6, 6.07) is 25.4. The predicted octanol–water partition coefficient (Wildman–Crippen LogP) is 8.04. The maximum absolute atomic E-state index is 10.5. The number of aromatic hydroxyl groups is 1. The minimum Gasteiger partial charge on any atom is -0.507 e. The molecule has 0 unspecified atom stereocenters. The van der Waals surface area contributed by atoms with E-state index in [0.29, 0.717) is 0 Å². The Hall–Kier alpha value is -3.65. The summed E-state index contributed by atoms with van der Waals surface area (Å²) in [4.78, 5) is 4.74. The van der Waals surface area contributed by atoms with Crippen LogP contribution in [-0.4, -0.2) is 11.3 Å². The van der Waals surface area contributed by atoms with Crippen LogP contribution in [0.3, 0.4) is 0 Å². The van der Waals surface area contributed by atoms with E-state index in [-0.39, 0.29) is 11.2 Å². The van der Waals surface area contributed by atoms with Crippen molar-refractivity contribution >= 4 is 11.9 Å². The highest BCUT2D eigenvalue weighted by molar-refractivity contribution is 5.89. The van der Waals surface area contributed by atoms with Gasteiger partial charge in [0.25, 0.3) is 0 Å². The monoisotopic (exact) mass is 431 g/mol. The molecule has 0 radical (unpaired) electrons. The highest BCUT2D eigenvalue weighted by atomic mass is 16.3. The van der Waals surface area contributed by atoms with Gasteiger partial charge in [0.2, 0.25) is 0 Å². The Morgan fingerprint density at radius 2 is 1.36 bits per heavy atom. The quantitative estimate of drug-likeness (QED) is 0.327. The standard InChI is InChI=1S/C31H29NO/c1-19-14-20(2)30(21(3)15-19)32-18-24-16-22(11-13-29(24)33)23-10-12-26-25-8-6-7-9-27(25)31(4,5)28(26)17-23/h6-18,33H,1-5H3/b32-18+. The van der Waals surface area contributed by atoms with Crippen LogP contribution in [0.4, 0.5) is 5.69 Å². The molecule has 1 N–H and O–H groups in total. The molecule has 0 saturated carbocycles. The highest BCUT2D eigenvalue weighted by Crippen LogP contribution is 2.49. The van der Waals surface area contributed by atoms with Gasteiger partial charge >= 0.3 is 0 Å². The smallest absolute Gasteiger partial charge is 0.124 e. The molecule has 5 rings (SSSR count). The van der Waals surface area contributed by atoms with E-state index in [1.807, 2.05) is 12.1 Å². The molecule has 0 atom stereocenters. The van der Waals surface area contributed by atoms with Crippen LogP contribution in [0.1, 0.15) is 47.2 Å². The topological polar surface area (TPSA) is 32.6 Å². The van der Waals surface area contributed by atoms with E-state index < -0.39 is 0 Å². The first-order valence-corrected chi connectivity index (χ1v) is 11.5. The van der Waals surface area contributed by atoms with Crippen molar-refractivity contribution in [3.8, 4) is 28.0 Å². The molecular formula is C31H29NO. The Morgan fingerprint density at radius 3 is 2.12 bits per heavy atom. The molecule has 0 spiro atoms. The zero-order chi connectivity index (χ0) is 23.3. The van der Waals surface area contributed by atoms with E-state index in [9.17, 15) is 5.11 Å². The number of phenolic OH excluding ortho intramolecular Hbond substituents is 1. The summed E-state index contributed by atoms with van der Waals surface area (Å²) in [7, 11) is 0. The summed E-state index contributed by atoms with van der Waals surface area (Å²) in [5.41, 5.74) is 12.7. The van der Waals surface area contributed by atoms with Crippen LogP contribution in [0.5, 0.6) is 5.75 Å². The van der Waals surface area contributed by atoms with Crippen LogP contribution < -0.4 is 0 Å². The molecule has 0 aromatic heterocycles. The molecule has 2 heteroatoms. The number of rotatable bonds is 3. The van der Waals surface area contributed by atoms with Gasteiger partial charge in [-0.05, 0) is 83.5 Å². The number of phenols is 1. The molecule has 33 heavy (non-hydrogen) atoms. The van der Waals surface area contributed by atoms with Gasteiger partial charge in [-0.3, -0.25) is 4.99 Å². The Balaban J connectivity index is 1.54. The van der Waals surface area contributed by atoms with Crippen molar-refractivity contribution in [2.45, 2.75) is 40.0 Å². The number of hydrogen-bond donors (Lipinski definition) is 1. The van der Waals surface area contributed by atoms with Gasteiger partial charge in [0.05, 0.1) is 5.69 Å². The molecule has 0 heterocycles. The second-order valence-electron chi connectivity index (χ2n) is 9.71. The Bertz CT molecular complexity index is 1400. The summed E-state index contributed by atoms with van der Waals surface area (Å²) in [5.74, 6) is 0.235. The minimum absolute atomic E-state index is 0.0381. The maximum Gasteiger partial charge on any atom is 0.124 e. The molecule has 1 aliphatic carbocycles. The minimum atomic E-state index is -0.0381. The summed E-state index contributed by atoms with van der Waals surface area (Å²) >= 11 is 0. The van der Waals surface area contributed by atoms with Gasteiger partial charge in [0.1, 0.15) is 5.75 Å². The lowest BCUT2D eigenvalue weighted by atomic mass is 9.81. The van der Waals surface area contributed by atoms with E-state index in [1.165, 1.54) is 27.8 Å². The van der Waals surface area contributed by atoms with E-state index in [4.69, 9.17) is 4.99 Å². The van der Waals surface area contributed by atoms with Crippen molar-refractivity contribution in [3.63, 3.8) is 0 Å². The predicted molar refractivity (Wildman–Crippen MR) is 139 cm³/mol. The van der Waals surface area contributed by atoms with Crippen LogP contribution in [0.15, 0.2) is 77.8 Å².